The van der Waals surface area contributed by atoms with Crippen LogP contribution in [0.1, 0.15) is 12.1 Å². The molecule has 0 aliphatic heterocycles. The standard InChI is InChI=1S/C12H15N7/c1-10-9-11-12(14-4-8-19(11)16-10)13-3-2-6-18-7-5-15-17-18/h4-5,7-9H,2-3,6H2,1H3,(H,13,14). The summed E-state index contributed by atoms with van der Waals surface area (Å²) >= 11 is 0. The van der Waals surface area contributed by atoms with Crippen molar-refractivity contribution in [3.05, 3.63) is 36.5 Å². The van der Waals surface area contributed by atoms with Gasteiger partial charge in [-0.2, -0.15) is 5.10 Å². The molecule has 0 aliphatic rings. The van der Waals surface area contributed by atoms with E-state index in [1.807, 2.05) is 34.6 Å². The van der Waals surface area contributed by atoms with Gasteiger partial charge in [-0.25, -0.2) is 9.50 Å². The summed E-state index contributed by atoms with van der Waals surface area (Å²) in [5.41, 5.74) is 1.99. The van der Waals surface area contributed by atoms with Gasteiger partial charge in [0, 0.05) is 31.7 Å². The minimum Gasteiger partial charge on any atom is -0.368 e. The van der Waals surface area contributed by atoms with Crippen LogP contribution in [0.25, 0.3) is 5.52 Å². The van der Waals surface area contributed by atoms with Gasteiger partial charge in [-0.1, -0.05) is 5.21 Å². The number of hydrogen-bond acceptors (Lipinski definition) is 5. The van der Waals surface area contributed by atoms with Crippen LogP contribution in [0.2, 0.25) is 0 Å². The fourth-order valence-corrected chi connectivity index (χ4v) is 1.98. The molecule has 19 heavy (non-hydrogen) atoms. The number of hydrogen-bond donors (Lipinski definition) is 1. The van der Waals surface area contributed by atoms with Crippen LogP contribution in [-0.2, 0) is 6.54 Å². The molecule has 0 unspecified atom stereocenters. The summed E-state index contributed by atoms with van der Waals surface area (Å²) in [6.07, 6.45) is 8.10. The van der Waals surface area contributed by atoms with E-state index in [-0.39, 0.29) is 0 Å². The van der Waals surface area contributed by atoms with Crippen molar-refractivity contribution in [1.29, 1.82) is 0 Å². The van der Waals surface area contributed by atoms with Gasteiger partial charge in [0.1, 0.15) is 5.52 Å². The fraction of sp³-hybridized carbons (Fsp3) is 0.333. The van der Waals surface area contributed by atoms with Crippen molar-refractivity contribution in [2.24, 2.45) is 0 Å². The average Bonchev–Trinajstić information content (AvgIpc) is 3.02. The first-order valence-corrected chi connectivity index (χ1v) is 6.22. The predicted octanol–water partition coefficient (Wildman–Crippen LogP) is 1.13. The van der Waals surface area contributed by atoms with Crippen molar-refractivity contribution in [2.75, 3.05) is 11.9 Å². The lowest BCUT2D eigenvalue weighted by Gasteiger charge is -2.06. The Morgan fingerprint density at radius 3 is 3.05 bits per heavy atom. The zero-order valence-corrected chi connectivity index (χ0v) is 10.7. The SMILES string of the molecule is Cc1cc2c(NCCCn3ccnn3)nccn2n1. The maximum Gasteiger partial charge on any atom is 0.152 e. The van der Waals surface area contributed by atoms with Gasteiger partial charge in [-0.15, -0.1) is 5.10 Å². The number of aryl methyl sites for hydroxylation is 2. The Balaban J connectivity index is 1.62. The predicted molar refractivity (Wildman–Crippen MR) is 70.9 cm³/mol. The molecule has 0 amide bonds. The van der Waals surface area contributed by atoms with Crippen LogP contribution in [0.5, 0.6) is 0 Å². The summed E-state index contributed by atoms with van der Waals surface area (Å²) in [5, 5.41) is 15.4. The second-order valence-electron chi connectivity index (χ2n) is 4.34. The number of rotatable bonds is 5. The Morgan fingerprint density at radius 2 is 2.21 bits per heavy atom. The van der Waals surface area contributed by atoms with Crippen LogP contribution in [0, 0.1) is 6.92 Å². The molecule has 0 saturated carbocycles. The molecule has 3 aromatic heterocycles. The van der Waals surface area contributed by atoms with Gasteiger partial charge in [0.2, 0.25) is 0 Å². The Hall–Kier alpha value is -2.44. The molecule has 0 saturated heterocycles. The van der Waals surface area contributed by atoms with E-state index in [4.69, 9.17) is 0 Å². The van der Waals surface area contributed by atoms with E-state index in [1.165, 1.54) is 0 Å². The normalized spacial score (nSPS) is 11.0. The van der Waals surface area contributed by atoms with E-state index >= 15 is 0 Å². The van der Waals surface area contributed by atoms with Crippen LogP contribution in [0.4, 0.5) is 5.82 Å². The first-order valence-electron chi connectivity index (χ1n) is 6.22. The lowest BCUT2D eigenvalue weighted by Crippen LogP contribution is -2.09. The zero-order valence-electron chi connectivity index (χ0n) is 10.7. The molecule has 0 aromatic carbocycles. The van der Waals surface area contributed by atoms with Crippen molar-refractivity contribution in [3.63, 3.8) is 0 Å². The first kappa shape index (κ1) is 11.6. The van der Waals surface area contributed by atoms with Crippen LogP contribution in [0.15, 0.2) is 30.9 Å². The smallest absolute Gasteiger partial charge is 0.152 e. The second kappa shape index (κ2) is 5.05. The maximum absolute atomic E-state index is 4.36. The van der Waals surface area contributed by atoms with Gasteiger partial charge in [-0.3, -0.25) is 4.68 Å². The highest BCUT2D eigenvalue weighted by Crippen LogP contribution is 2.14. The molecule has 0 bridgehead atoms. The van der Waals surface area contributed by atoms with Crippen molar-refractivity contribution in [3.8, 4) is 0 Å². The highest BCUT2D eigenvalue weighted by Gasteiger charge is 2.04. The van der Waals surface area contributed by atoms with Gasteiger partial charge >= 0.3 is 0 Å². The summed E-state index contributed by atoms with van der Waals surface area (Å²) in [6.45, 7) is 3.65. The molecule has 0 fully saturated rings. The molecule has 0 radical (unpaired) electrons. The molecule has 98 valence electrons. The van der Waals surface area contributed by atoms with E-state index in [0.717, 1.165) is 36.5 Å². The summed E-state index contributed by atoms with van der Waals surface area (Å²) in [4.78, 5) is 4.35. The minimum atomic E-state index is 0.830. The van der Waals surface area contributed by atoms with E-state index < -0.39 is 0 Å². The van der Waals surface area contributed by atoms with Crippen LogP contribution >= 0.6 is 0 Å². The number of nitrogens with zero attached hydrogens (tertiary/aromatic N) is 6. The molecule has 0 aliphatic carbocycles. The van der Waals surface area contributed by atoms with Gasteiger partial charge in [0.05, 0.1) is 11.9 Å². The lowest BCUT2D eigenvalue weighted by molar-refractivity contribution is 0.569. The van der Waals surface area contributed by atoms with Gasteiger partial charge in [0.15, 0.2) is 5.82 Å². The zero-order chi connectivity index (χ0) is 13.1. The third-order valence-corrected chi connectivity index (χ3v) is 2.84. The summed E-state index contributed by atoms with van der Waals surface area (Å²) in [5.74, 6) is 0.863. The highest BCUT2D eigenvalue weighted by molar-refractivity contribution is 5.67. The highest BCUT2D eigenvalue weighted by atomic mass is 15.4. The Morgan fingerprint density at radius 1 is 1.26 bits per heavy atom. The summed E-state index contributed by atoms with van der Waals surface area (Å²) < 4.78 is 3.65. The first-order chi connectivity index (χ1) is 9.33. The number of fused-ring (bicyclic) bond motifs is 1. The Kier molecular flexibility index (Phi) is 3.09. The molecule has 7 heteroatoms. The quantitative estimate of drug-likeness (QED) is 0.694. The largest absolute Gasteiger partial charge is 0.368 e. The number of anilines is 1. The minimum absolute atomic E-state index is 0.830. The summed E-state index contributed by atoms with van der Waals surface area (Å²) in [6, 6.07) is 2.02. The van der Waals surface area contributed by atoms with Crippen molar-refractivity contribution >= 4 is 11.3 Å². The molecular weight excluding hydrogens is 242 g/mol. The number of aromatic nitrogens is 6. The molecule has 7 nitrogen and oxygen atoms in total. The monoisotopic (exact) mass is 257 g/mol. The Bertz CT molecular complexity index is 656. The fourth-order valence-electron chi connectivity index (χ4n) is 1.98. The van der Waals surface area contributed by atoms with E-state index in [0.29, 0.717) is 0 Å². The molecule has 3 heterocycles. The topological polar surface area (TPSA) is 72.9 Å². The molecule has 3 aromatic rings. The second-order valence-corrected chi connectivity index (χ2v) is 4.34. The van der Waals surface area contributed by atoms with E-state index in [9.17, 15) is 0 Å². The lowest BCUT2D eigenvalue weighted by atomic mass is 10.4. The Labute approximate surface area is 110 Å². The molecule has 1 N–H and O–H groups in total. The summed E-state index contributed by atoms with van der Waals surface area (Å²) in [7, 11) is 0. The average molecular weight is 257 g/mol. The molecular formula is C12H15N7. The molecule has 3 rings (SSSR count). The molecule has 0 atom stereocenters. The third-order valence-electron chi connectivity index (χ3n) is 2.84. The van der Waals surface area contributed by atoms with Crippen molar-refractivity contribution in [2.45, 2.75) is 19.9 Å². The van der Waals surface area contributed by atoms with Crippen LogP contribution in [-0.4, -0.2) is 36.1 Å². The van der Waals surface area contributed by atoms with Gasteiger partial charge < -0.3 is 5.32 Å². The van der Waals surface area contributed by atoms with Crippen LogP contribution in [0.3, 0.4) is 0 Å². The van der Waals surface area contributed by atoms with Gasteiger partial charge in [0.25, 0.3) is 0 Å². The van der Waals surface area contributed by atoms with Gasteiger partial charge in [-0.05, 0) is 19.4 Å². The third kappa shape index (κ3) is 2.54. The molecule has 0 spiro atoms. The van der Waals surface area contributed by atoms with Crippen LogP contribution < -0.4 is 5.32 Å². The van der Waals surface area contributed by atoms with Crippen molar-refractivity contribution < 1.29 is 0 Å². The van der Waals surface area contributed by atoms with Crippen molar-refractivity contribution in [1.82, 2.24) is 29.6 Å². The maximum atomic E-state index is 4.36. The van der Waals surface area contributed by atoms with E-state index in [1.54, 1.807) is 12.4 Å². The number of nitrogens with one attached hydrogen (secondary N) is 1. The van der Waals surface area contributed by atoms with E-state index in [2.05, 4.69) is 25.7 Å².